The molecule has 0 aliphatic rings. The van der Waals surface area contributed by atoms with Gasteiger partial charge >= 0.3 is 5.97 Å². The van der Waals surface area contributed by atoms with Crippen molar-refractivity contribution in [2.75, 3.05) is 0 Å². The Morgan fingerprint density at radius 3 is 2.89 bits per heavy atom. The van der Waals surface area contributed by atoms with Gasteiger partial charge in [-0.3, -0.25) is 4.68 Å². The number of nitriles is 1. The summed E-state index contributed by atoms with van der Waals surface area (Å²) in [4.78, 5) is 10.9. The molecule has 0 spiro atoms. The van der Waals surface area contributed by atoms with E-state index >= 15 is 0 Å². The Morgan fingerprint density at radius 2 is 2.32 bits per heavy atom. The summed E-state index contributed by atoms with van der Waals surface area (Å²) in [5.74, 6) is -1.54. The van der Waals surface area contributed by atoms with E-state index in [4.69, 9.17) is 10.4 Å². The van der Waals surface area contributed by atoms with Gasteiger partial charge in [-0.15, -0.1) is 0 Å². The van der Waals surface area contributed by atoms with Gasteiger partial charge in [0.15, 0.2) is 0 Å². The zero-order chi connectivity index (χ0) is 14.0. The van der Waals surface area contributed by atoms with E-state index in [0.29, 0.717) is 11.3 Å². The highest BCUT2D eigenvalue weighted by Crippen LogP contribution is 2.13. The molecule has 0 amide bonds. The summed E-state index contributed by atoms with van der Waals surface area (Å²) in [5, 5.41) is 21.9. The second-order valence-electron chi connectivity index (χ2n) is 4.04. The highest BCUT2D eigenvalue weighted by atomic mass is 19.1. The number of carboxylic acids is 1. The van der Waals surface area contributed by atoms with Crippen molar-refractivity contribution in [3.63, 3.8) is 0 Å². The second kappa shape index (κ2) is 4.90. The first-order valence-corrected chi connectivity index (χ1v) is 5.47. The Labute approximate surface area is 108 Å². The minimum Gasteiger partial charge on any atom is -0.478 e. The summed E-state index contributed by atoms with van der Waals surface area (Å²) in [7, 11) is 0. The average molecular weight is 259 g/mol. The third-order valence-corrected chi connectivity index (χ3v) is 2.70. The van der Waals surface area contributed by atoms with Crippen LogP contribution in [0.25, 0.3) is 0 Å². The first-order chi connectivity index (χ1) is 9.01. The predicted molar refractivity (Wildman–Crippen MR) is 64.1 cm³/mol. The van der Waals surface area contributed by atoms with Crippen LogP contribution in [0.2, 0.25) is 0 Å². The molecule has 6 heteroatoms. The van der Waals surface area contributed by atoms with E-state index in [1.54, 1.807) is 6.92 Å². The highest BCUT2D eigenvalue weighted by molar-refractivity contribution is 5.88. The number of hydrogen-bond donors (Lipinski definition) is 1. The lowest BCUT2D eigenvalue weighted by molar-refractivity contribution is 0.0696. The third-order valence-electron chi connectivity index (χ3n) is 2.70. The van der Waals surface area contributed by atoms with Gasteiger partial charge in [-0.1, -0.05) is 6.07 Å². The molecule has 0 saturated heterocycles. The fourth-order valence-electron chi connectivity index (χ4n) is 1.77. The fourth-order valence-corrected chi connectivity index (χ4v) is 1.77. The lowest BCUT2D eigenvalue weighted by Gasteiger charge is -2.04. The normalized spacial score (nSPS) is 10.2. The number of aryl methyl sites for hydroxylation is 1. The van der Waals surface area contributed by atoms with Gasteiger partial charge in [-0.25, -0.2) is 9.18 Å². The van der Waals surface area contributed by atoms with Gasteiger partial charge in [-0.05, 0) is 24.6 Å². The summed E-state index contributed by atoms with van der Waals surface area (Å²) < 4.78 is 14.4. The predicted octanol–water partition coefficient (Wildman–Crippen LogP) is 1.95. The lowest BCUT2D eigenvalue weighted by Crippen LogP contribution is -2.03. The molecule has 2 aromatic rings. The maximum absolute atomic E-state index is 13.0. The zero-order valence-electron chi connectivity index (χ0n) is 10.1. The number of nitrogens with zero attached hydrogens (tertiary/aromatic N) is 3. The molecule has 2 rings (SSSR count). The molecule has 0 aliphatic heterocycles. The Balaban J connectivity index is 2.34. The molecular weight excluding hydrogens is 249 g/mol. The van der Waals surface area contributed by atoms with Crippen molar-refractivity contribution < 1.29 is 14.3 Å². The van der Waals surface area contributed by atoms with Gasteiger partial charge in [-0.2, -0.15) is 10.4 Å². The number of carboxylic acid groups (broad SMARTS) is 1. The molecule has 1 aromatic carbocycles. The summed E-state index contributed by atoms with van der Waals surface area (Å²) in [5.41, 5.74) is 1.31. The van der Waals surface area contributed by atoms with Gasteiger partial charge < -0.3 is 5.11 Å². The molecule has 19 heavy (non-hydrogen) atoms. The first-order valence-electron chi connectivity index (χ1n) is 5.47. The van der Waals surface area contributed by atoms with Gasteiger partial charge in [0.2, 0.25) is 0 Å². The summed E-state index contributed by atoms with van der Waals surface area (Å²) in [6.07, 6.45) is 1.39. The SMILES string of the molecule is Cc1nn(Cc2ccc(F)cc2C#N)cc1C(=O)O. The quantitative estimate of drug-likeness (QED) is 0.913. The van der Waals surface area contributed by atoms with Crippen LogP contribution in [-0.4, -0.2) is 20.9 Å². The van der Waals surface area contributed by atoms with Crippen molar-refractivity contribution in [1.29, 1.82) is 5.26 Å². The number of carbonyl (C=O) groups is 1. The van der Waals surface area contributed by atoms with Crippen LogP contribution < -0.4 is 0 Å². The molecular formula is C13H10FN3O2. The molecule has 0 unspecified atom stereocenters. The van der Waals surface area contributed by atoms with Gasteiger partial charge in [0.25, 0.3) is 0 Å². The molecule has 0 saturated carbocycles. The third kappa shape index (κ3) is 2.60. The maximum atomic E-state index is 13.0. The van der Waals surface area contributed by atoms with Crippen LogP contribution in [0.3, 0.4) is 0 Å². The van der Waals surface area contributed by atoms with Crippen LogP contribution in [-0.2, 0) is 6.54 Å². The summed E-state index contributed by atoms with van der Waals surface area (Å²) >= 11 is 0. The van der Waals surface area contributed by atoms with Gasteiger partial charge in [0, 0.05) is 6.20 Å². The van der Waals surface area contributed by atoms with Crippen molar-refractivity contribution >= 4 is 5.97 Å². The summed E-state index contributed by atoms with van der Waals surface area (Å²) in [6.45, 7) is 1.81. The minimum atomic E-state index is -1.05. The van der Waals surface area contributed by atoms with E-state index in [1.807, 2.05) is 6.07 Å². The Kier molecular flexibility index (Phi) is 3.29. The largest absolute Gasteiger partial charge is 0.478 e. The Hall–Kier alpha value is -2.68. The van der Waals surface area contributed by atoms with Crippen LogP contribution in [0, 0.1) is 24.1 Å². The van der Waals surface area contributed by atoms with E-state index in [-0.39, 0.29) is 17.7 Å². The minimum absolute atomic E-state index is 0.112. The van der Waals surface area contributed by atoms with E-state index in [2.05, 4.69) is 5.10 Å². The van der Waals surface area contributed by atoms with Crippen molar-refractivity contribution in [2.45, 2.75) is 13.5 Å². The Bertz CT molecular complexity index is 686. The Morgan fingerprint density at radius 1 is 1.58 bits per heavy atom. The zero-order valence-corrected chi connectivity index (χ0v) is 10.1. The fraction of sp³-hybridized carbons (Fsp3) is 0.154. The molecule has 0 atom stereocenters. The molecule has 1 aromatic heterocycles. The molecule has 0 bridgehead atoms. The summed E-state index contributed by atoms with van der Waals surface area (Å²) in [6, 6.07) is 5.79. The number of halogens is 1. The van der Waals surface area contributed by atoms with E-state index < -0.39 is 11.8 Å². The molecule has 0 radical (unpaired) electrons. The van der Waals surface area contributed by atoms with Crippen molar-refractivity contribution in [2.24, 2.45) is 0 Å². The second-order valence-corrected chi connectivity index (χ2v) is 4.04. The molecule has 1 heterocycles. The standard InChI is InChI=1S/C13H10FN3O2/c1-8-12(13(18)19)7-17(16-8)6-9-2-3-11(14)4-10(9)5-15/h2-4,7H,6H2,1H3,(H,18,19). The molecule has 0 fully saturated rings. The molecule has 0 aliphatic carbocycles. The topological polar surface area (TPSA) is 78.9 Å². The molecule has 5 nitrogen and oxygen atoms in total. The van der Waals surface area contributed by atoms with E-state index in [0.717, 1.165) is 6.07 Å². The maximum Gasteiger partial charge on any atom is 0.339 e. The lowest BCUT2D eigenvalue weighted by atomic mass is 10.1. The average Bonchev–Trinajstić information content (AvgIpc) is 2.72. The molecule has 96 valence electrons. The number of rotatable bonds is 3. The van der Waals surface area contributed by atoms with E-state index in [1.165, 1.54) is 23.0 Å². The molecule has 1 N–H and O–H groups in total. The highest BCUT2D eigenvalue weighted by Gasteiger charge is 2.13. The number of aromatic nitrogens is 2. The van der Waals surface area contributed by atoms with Crippen molar-refractivity contribution in [3.8, 4) is 6.07 Å². The number of aromatic carboxylic acids is 1. The first kappa shape index (κ1) is 12.8. The van der Waals surface area contributed by atoms with Gasteiger partial charge in [0.1, 0.15) is 11.4 Å². The monoisotopic (exact) mass is 259 g/mol. The van der Waals surface area contributed by atoms with Crippen LogP contribution >= 0.6 is 0 Å². The van der Waals surface area contributed by atoms with Crippen molar-refractivity contribution in [3.05, 3.63) is 52.6 Å². The van der Waals surface area contributed by atoms with Crippen LogP contribution in [0.1, 0.15) is 27.2 Å². The number of benzene rings is 1. The van der Waals surface area contributed by atoms with Crippen LogP contribution in [0.5, 0.6) is 0 Å². The van der Waals surface area contributed by atoms with Crippen LogP contribution in [0.15, 0.2) is 24.4 Å². The van der Waals surface area contributed by atoms with Gasteiger partial charge in [0.05, 0.1) is 23.9 Å². The van der Waals surface area contributed by atoms with E-state index in [9.17, 15) is 9.18 Å². The van der Waals surface area contributed by atoms with Crippen molar-refractivity contribution in [1.82, 2.24) is 9.78 Å². The smallest absolute Gasteiger partial charge is 0.339 e. The number of hydrogen-bond acceptors (Lipinski definition) is 3. The van der Waals surface area contributed by atoms with Crippen LogP contribution in [0.4, 0.5) is 4.39 Å².